The zero-order valence-electron chi connectivity index (χ0n) is 24.0. The van der Waals surface area contributed by atoms with Gasteiger partial charge < -0.3 is 9.32 Å². The molecule has 0 spiro atoms. The first-order chi connectivity index (χ1) is 19.7. The lowest BCUT2D eigenvalue weighted by Crippen LogP contribution is -2.38. The molecule has 8 rings (SSSR count). The van der Waals surface area contributed by atoms with Crippen molar-refractivity contribution in [1.82, 2.24) is 0 Å². The zero-order chi connectivity index (χ0) is 28.3. The van der Waals surface area contributed by atoms with Gasteiger partial charge in [0.05, 0.1) is 29.2 Å². The van der Waals surface area contributed by atoms with Crippen molar-refractivity contribution in [2.24, 2.45) is 0 Å². The molecule has 0 bridgehead atoms. The summed E-state index contributed by atoms with van der Waals surface area (Å²) in [7, 11) is 0. The molecule has 6 aromatic rings. The number of nitrogens with zero attached hydrogens (tertiary/aromatic N) is 1. The smallest absolute Gasteiger partial charge is 0.200 e. The molecule has 0 unspecified atom stereocenters. The van der Waals surface area contributed by atoms with E-state index in [9.17, 15) is 4.79 Å². The Morgan fingerprint density at radius 3 is 2.10 bits per heavy atom. The Morgan fingerprint density at radius 1 is 0.625 bits per heavy atom. The van der Waals surface area contributed by atoms with E-state index in [0.717, 1.165) is 11.1 Å². The first-order valence-corrected chi connectivity index (χ1v) is 13.8. The van der Waals surface area contributed by atoms with Gasteiger partial charge in [-0.1, -0.05) is 88.3 Å². The lowest BCUT2D eigenvalue weighted by molar-refractivity contribution is 0.597. The number of hydrogen-bond acceptors (Lipinski definition) is 3. The summed E-state index contributed by atoms with van der Waals surface area (Å²) < 4.78 is 13.9. The van der Waals surface area contributed by atoms with Crippen molar-refractivity contribution in [1.29, 1.82) is 0 Å². The standard InChI is InChI=1S/C37H29NO2/c1-36(2)26-11-6-7-14-30(26)38-31-18-16-23(21-29(31)37(3,4)28-13-9-12-27(36)34(28)38)22-17-19-33-25(20-22)35(39)24-10-5-8-15-32(24)40-33/h5-21H,1-4H3/i8D. The molecule has 194 valence electrons. The van der Waals surface area contributed by atoms with Crippen molar-refractivity contribution < 1.29 is 5.79 Å². The Kier molecular flexibility index (Phi) is 4.29. The van der Waals surface area contributed by atoms with Crippen LogP contribution in [-0.2, 0) is 10.8 Å². The summed E-state index contributed by atoms with van der Waals surface area (Å²) in [6.07, 6.45) is 0. The molecule has 5 aromatic carbocycles. The molecule has 0 aliphatic carbocycles. The van der Waals surface area contributed by atoms with Crippen molar-refractivity contribution >= 4 is 39.0 Å². The number of hydrogen-bond donors (Lipinski definition) is 0. The fourth-order valence-corrected chi connectivity index (χ4v) is 6.99. The monoisotopic (exact) mass is 520 g/mol. The minimum absolute atomic E-state index is 0.0737. The number of benzene rings is 5. The van der Waals surface area contributed by atoms with Gasteiger partial charge in [-0.2, -0.15) is 0 Å². The number of fused-ring (bicyclic) bond motifs is 6. The van der Waals surface area contributed by atoms with E-state index in [1.54, 1.807) is 18.2 Å². The van der Waals surface area contributed by atoms with Gasteiger partial charge >= 0.3 is 0 Å². The van der Waals surface area contributed by atoms with Gasteiger partial charge in [0.15, 0.2) is 0 Å². The second-order valence-corrected chi connectivity index (χ2v) is 12.1. The van der Waals surface area contributed by atoms with Crippen LogP contribution in [0.3, 0.4) is 0 Å². The molecule has 3 heteroatoms. The summed E-state index contributed by atoms with van der Waals surface area (Å²) in [5.41, 5.74) is 11.6. The van der Waals surface area contributed by atoms with Crippen molar-refractivity contribution in [3.8, 4) is 11.1 Å². The average molecular weight is 521 g/mol. The summed E-state index contributed by atoms with van der Waals surface area (Å²) in [6.45, 7) is 9.29. The highest BCUT2D eigenvalue weighted by Gasteiger charge is 2.45. The predicted molar refractivity (Wildman–Crippen MR) is 164 cm³/mol. The molecule has 40 heavy (non-hydrogen) atoms. The van der Waals surface area contributed by atoms with E-state index in [4.69, 9.17) is 5.79 Å². The molecule has 0 radical (unpaired) electrons. The Bertz CT molecular complexity index is 2150. The summed E-state index contributed by atoms with van der Waals surface area (Å²) in [5, 5.41) is 1.04. The average Bonchev–Trinajstić information content (AvgIpc) is 2.96. The van der Waals surface area contributed by atoms with Gasteiger partial charge in [0.2, 0.25) is 5.43 Å². The molecule has 3 heterocycles. The van der Waals surface area contributed by atoms with Crippen LogP contribution in [0.2, 0.25) is 0 Å². The van der Waals surface area contributed by atoms with Gasteiger partial charge in [-0.15, -0.1) is 0 Å². The quantitative estimate of drug-likeness (QED) is 0.203. The van der Waals surface area contributed by atoms with Gasteiger partial charge in [0.25, 0.3) is 0 Å². The zero-order valence-corrected chi connectivity index (χ0v) is 23.0. The van der Waals surface area contributed by atoms with Crippen LogP contribution in [0.4, 0.5) is 17.1 Å². The first kappa shape index (κ1) is 22.2. The van der Waals surface area contributed by atoms with Crippen molar-refractivity contribution in [3.63, 3.8) is 0 Å². The van der Waals surface area contributed by atoms with Crippen molar-refractivity contribution in [2.75, 3.05) is 4.90 Å². The molecule has 0 N–H and O–H groups in total. The maximum Gasteiger partial charge on any atom is 0.200 e. The molecule has 0 fully saturated rings. The van der Waals surface area contributed by atoms with Crippen LogP contribution >= 0.6 is 0 Å². The molecule has 2 aliphatic heterocycles. The molecule has 2 aliphatic rings. The topological polar surface area (TPSA) is 33.5 Å². The lowest BCUT2D eigenvalue weighted by atomic mass is 9.66. The second-order valence-electron chi connectivity index (χ2n) is 12.1. The van der Waals surface area contributed by atoms with E-state index in [2.05, 4.69) is 93.3 Å². The van der Waals surface area contributed by atoms with Crippen molar-refractivity contribution in [3.05, 3.63) is 136 Å². The molecule has 0 amide bonds. The molecule has 3 nitrogen and oxygen atoms in total. The maximum absolute atomic E-state index is 13.4. The number of rotatable bonds is 1. The Morgan fingerprint density at radius 2 is 1.27 bits per heavy atom. The van der Waals surface area contributed by atoms with E-state index in [-0.39, 0.29) is 16.3 Å². The SMILES string of the molecule is [2H]c1ccc2c(=O)c3cc(-c4ccc5c(c4)C(C)(C)c4cccc6c4N5c4ccccc4C6(C)C)ccc3oc2c1. The summed E-state index contributed by atoms with van der Waals surface area (Å²) in [5.74, 6) is 0. The van der Waals surface area contributed by atoms with Crippen molar-refractivity contribution in [2.45, 2.75) is 38.5 Å². The van der Waals surface area contributed by atoms with Gasteiger partial charge in [-0.25, -0.2) is 0 Å². The molecule has 0 saturated heterocycles. The Hall–Kier alpha value is -4.63. The third-order valence-corrected chi connectivity index (χ3v) is 9.18. The van der Waals surface area contributed by atoms with Gasteiger partial charge in [0.1, 0.15) is 11.2 Å². The number of para-hydroxylation sites is 3. The minimum atomic E-state index is -0.227. The van der Waals surface area contributed by atoms with E-state index in [0.29, 0.717) is 28.0 Å². The van der Waals surface area contributed by atoms with Crippen LogP contribution in [0, 0.1) is 0 Å². The Labute approximate surface area is 234 Å². The van der Waals surface area contributed by atoms with E-state index in [1.165, 1.54) is 39.3 Å². The summed E-state index contributed by atoms with van der Waals surface area (Å²) >= 11 is 0. The third-order valence-electron chi connectivity index (χ3n) is 9.18. The van der Waals surface area contributed by atoms with Gasteiger partial charge in [-0.3, -0.25) is 4.79 Å². The lowest BCUT2D eigenvalue weighted by Gasteiger charge is -2.49. The van der Waals surface area contributed by atoms with Crippen LogP contribution in [0.1, 0.15) is 51.3 Å². The highest BCUT2D eigenvalue weighted by molar-refractivity contribution is 5.95. The fourth-order valence-electron chi connectivity index (χ4n) is 6.99. The molecule has 0 atom stereocenters. The minimum Gasteiger partial charge on any atom is -0.456 e. The molecule has 1 aromatic heterocycles. The number of anilines is 3. The highest BCUT2D eigenvalue weighted by Crippen LogP contribution is 2.60. The highest BCUT2D eigenvalue weighted by atomic mass is 16.3. The summed E-state index contributed by atoms with van der Waals surface area (Å²) in [4.78, 5) is 15.9. The molecule has 0 saturated carbocycles. The van der Waals surface area contributed by atoms with Crippen LogP contribution in [0.15, 0.2) is 112 Å². The van der Waals surface area contributed by atoms with Crippen LogP contribution < -0.4 is 10.3 Å². The predicted octanol–water partition coefficient (Wildman–Crippen LogP) is 9.36. The maximum atomic E-state index is 13.4. The Balaban J connectivity index is 1.35. The first-order valence-electron chi connectivity index (χ1n) is 14.3. The second kappa shape index (κ2) is 7.73. The van der Waals surface area contributed by atoms with E-state index < -0.39 is 0 Å². The molecular weight excluding hydrogens is 490 g/mol. The third kappa shape index (κ3) is 2.92. The van der Waals surface area contributed by atoms with E-state index >= 15 is 0 Å². The van der Waals surface area contributed by atoms with Gasteiger partial charge in [0, 0.05) is 10.8 Å². The van der Waals surface area contributed by atoms with Crippen LogP contribution in [-0.4, -0.2) is 0 Å². The van der Waals surface area contributed by atoms with Gasteiger partial charge in [-0.05, 0) is 75.8 Å². The normalized spacial score (nSPS) is 16.3. The van der Waals surface area contributed by atoms with Crippen LogP contribution in [0.25, 0.3) is 33.1 Å². The van der Waals surface area contributed by atoms with Crippen LogP contribution in [0.5, 0.6) is 0 Å². The molecular formula is C37H29NO2. The largest absolute Gasteiger partial charge is 0.456 e. The summed E-state index contributed by atoms with van der Waals surface area (Å²) in [6, 6.07) is 33.3. The van der Waals surface area contributed by atoms with E-state index in [1.807, 2.05) is 18.2 Å². The fraction of sp³-hybridized carbons (Fsp3) is 0.162.